The number of nitrogens with zero attached hydrogens (tertiary/aromatic N) is 3. The van der Waals surface area contributed by atoms with Crippen molar-refractivity contribution in [3.8, 4) is 0 Å². The fourth-order valence-corrected chi connectivity index (χ4v) is 3.25. The molecule has 2 atom stereocenters. The molecular weight excluding hydrogens is 306 g/mol. The zero-order chi connectivity index (χ0) is 17.5. The number of amides is 1. The Balaban J connectivity index is 1.95. The van der Waals surface area contributed by atoms with Crippen LogP contribution in [0.4, 0.5) is 0 Å². The van der Waals surface area contributed by atoms with Crippen LogP contribution in [0.1, 0.15) is 31.1 Å². The molecule has 0 aliphatic carbocycles. The van der Waals surface area contributed by atoms with E-state index in [-0.39, 0.29) is 11.9 Å². The molecule has 134 valence electrons. The molecule has 1 aliphatic rings. The highest BCUT2D eigenvalue weighted by Crippen LogP contribution is 2.20. The van der Waals surface area contributed by atoms with Crippen LogP contribution in [0.5, 0.6) is 0 Å². The van der Waals surface area contributed by atoms with Gasteiger partial charge in [0.25, 0.3) is 0 Å². The van der Waals surface area contributed by atoms with E-state index in [1.807, 2.05) is 26.2 Å². The molecule has 1 saturated heterocycles. The zero-order valence-corrected chi connectivity index (χ0v) is 14.9. The summed E-state index contributed by atoms with van der Waals surface area (Å²) < 4.78 is 5.54. The Morgan fingerprint density at radius 1 is 1.58 bits per heavy atom. The number of nitrogens with two attached hydrogens (primary N) is 1. The number of likely N-dealkylation sites (tertiary alicyclic amines) is 1. The van der Waals surface area contributed by atoms with Crippen LogP contribution in [0.25, 0.3) is 0 Å². The van der Waals surface area contributed by atoms with E-state index in [1.54, 1.807) is 13.3 Å². The van der Waals surface area contributed by atoms with Gasteiger partial charge in [-0.2, -0.15) is 0 Å². The second kappa shape index (κ2) is 8.73. The number of nitrogens with one attached hydrogen (secondary N) is 1. The topological polar surface area (TPSA) is 87.1 Å². The lowest BCUT2D eigenvalue weighted by Gasteiger charge is -2.35. The summed E-state index contributed by atoms with van der Waals surface area (Å²) in [6.07, 6.45) is 4.23. The standard InChI is InChI=1S/C17H29N5O2/c1-19-17(22-8-4-6-13(12-22)10-16(18)23)20-11-14(21(2)3)15-7-5-9-24-15/h5,7,9,13-14H,4,6,8,10-12H2,1-3H3,(H2,18,23)(H,19,20). The summed E-state index contributed by atoms with van der Waals surface area (Å²) in [5, 5.41) is 3.44. The molecule has 0 aromatic carbocycles. The van der Waals surface area contributed by atoms with Gasteiger partial charge in [0, 0.05) is 33.1 Å². The third-order valence-electron chi connectivity index (χ3n) is 4.47. The van der Waals surface area contributed by atoms with Gasteiger partial charge in [-0.15, -0.1) is 0 Å². The third kappa shape index (κ3) is 4.99. The predicted molar refractivity (Wildman–Crippen MR) is 94.6 cm³/mol. The van der Waals surface area contributed by atoms with Crippen molar-refractivity contribution in [1.82, 2.24) is 15.1 Å². The lowest BCUT2D eigenvalue weighted by atomic mass is 9.95. The van der Waals surface area contributed by atoms with Crippen molar-refractivity contribution in [3.05, 3.63) is 24.2 Å². The zero-order valence-electron chi connectivity index (χ0n) is 14.9. The van der Waals surface area contributed by atoms with Gasteiger partial charge >= 0.3 is 0 Å². The molecule has 0 bridgehead atoms. The molecule has 0 radical (unpaired) electrons. The van der Waals surface area contributed by atoms with Gasteiger partial charge in [0.05, 0.1) is 12.3 Å². The number of carbonyl (C=O) groups is 1. The quantitative estimate of drug-likeness (QED) is 0.599. The van der Waals surface area contributed by atoms with Gasteiger partial charge in [-0.25, -0.2) is 0 Å². The van der Waals surface area contributed by atoms with Crippen molar-refractivity contribution >= 4 is 11.9 Å². The molecule has 24 heavy (non-hydrogen) atoms. The second-order valence-electron chi connectivity index (χ2n) is 6.55. The summed E-state index contributed by atoms with van der Waals surface area (Å²) in [6.45, 7) is 2.46. The first-order valence-electron chi connectivity index (χ1n) is 8.45. The van der Waals surface area contributed by atoms with Crippen LogP contribution in [0.15, 0.2) is 27.8 Å². The Labute approximate surface area is 143 Å². The molecule has 1 aliphatic heterocycles. The Hall–Kier alpha value is -2.02. The van der Waals surface area contributed by atoms with Crippen molar-refractivity contribution < 1.29 is 9.21 Å². The Bertz CT molecular complexity index is 541. The van der Waals surface area contributed by atoms with Crippen LogP contribution in [0.3, 0.4) is 0 Å². The summed E-state index contributed by atoms with van der Waals surface area (Å²) in [4.78, 5) is 19.9. The van der Waals surface area contributed by atoms with Crippen molar-refractivity contribution in [3.63, 3.8) is 0 Å². The van der Waals surface area contributed by atoms with Crippen molar-refractivity contribution in [2.75, 3.05) is 40.8 Å². The van der Waals surface area contributed by atoms with Gasteiger partial charge in [-0.1, -0.05) is 0 Å². The number of aliphatic imine (C=N–C) groups is 1. The lowest BCUT2D eigenvalue weighted by molar-refractivity contribution is -0.119. The molecule has 2 heterocycles. The van der Waals surface area contributed by atoms with Gasteiger partial charge in [-0.05, 0) is 45.0 Å². The number of piperidine rings is 1. The number of carbonyl (C=O) groups excluding carboxylic acids is 1. The molecule has 0 saturated carbocycles. The van der Waals surface area contributed by atoms with E-state index >= 15 is 0 Å². The van der Waals surface area contributed by atoms with E-state index in [9.17, 15) is 4.79 Å². The van der Waals surface area contributed by atoms with E-state index in [2.05, 4.69) is 20.1 Å². The fraction of sp³-hybridized carbons (Fsp3) is 0.647. The summed E-state index contributed by atoms with van der Waals surface area (Å²) >= 11 is 0. The maximum Gasteiger partial charge on any atom is 0.217 e. The summed E-state index contributed by atoms with van der Waals surface area (Å²) in [7, 11) is 5.85. The normalized spacial score (nSPS) is 20.2. The highest BCUT2D eigenvalue weighted by molar-refractivity contribution is 5.80. The van der Waals surface area contributed by atoms with Crippen LogP contribution in [0, 0.1) is 5.92 Å². The minimum absolute atomic E-state index is 0.128. The van der Waals surface area contributed by atoms with Gasteiger partial charge in [-0.3, -0.25) is 14.7 Å². The van der Waals surface area contributed by atoms with Crippen molar-refractivity contribution in [2.45, 2.75) is 25.3 Å². The van der Waals surface area contributed by atoms with Crippen molar-refractivity contribution in [1.29, 1.82) is 0 Å². The molecular formula is C17H29N5O2. The van der Waals surface area contributed by atoms with E-state index in [1.165, 1.54) is 0 Å². The number of likely N-dealkylation sites (N-methyl/N-ethyl adjacent to an activating group) is 1. The monoisotopic (exact) mass is 335 g/mol. The molecule has 1 aromatic rings. The number of guanidine groups is 1. The molecule has 2 rings (SSSR count). The fourth-order valence-electron chi connectivity index (χ4n) is 3.25. The molecule has 1 aromatic heterocycles. The minimum atomic E-state index is -0.227. The van der Waals surface area contributed by atoms with Gasteiger partial charge in [0.2, 0.25) is 5.91 Å². The SMILES string of the molecule is CN=C(NCC(c1ccco1)N(C)C)N1CCCC(CC(N)=O)C1. The smallest absolute Gasteiger partial charge is 0.217 e. The number of hydrogen-bond acceptors (Lipinski definition) is 4. The van der Waals surface area contributed by atoms with Gasteiger partial charge in [0.1, 0.15) is 5.76 Å². The molecule has 7 heteroatoms. The highest BCUT2D eigenvalue weighted by Gasteiger charge is 2.24. The van der Waals surface area contributed by atoms with E-state index in [0.717, 1.165) is 37.7 Å². The lowest BCUT2D eigenvalue weighted by Crippen LogP contribution is -2.48. The first-order valence-corrected chi connectivity index (χ1v) is 8.45. The highest BCUT2D eigenvalue weighted by atomic mass is 16.3. The van der Waals surface area contributed by atoms with Crippen LogP contribution in [-0.2, 0) is 4.79 Å². The maximum atomic E-state index is 11.2. The predicted octanol–water partition coefficient (Wildman–Crippen LogP) is 1.05. The van der Waals surface area contributed by atoms with Crippen LogP contribution in [0.2, 0.25) is 0 Å². The number of primary amides is 1. The number of furan rings is 1. The van der Waals surface area contributed by atoms with Gasteiger partial charge in [0.15, 0.2) is 5.96 Å². The molecule has 1 fully saturated rings. The summed E-state index contributed by atoms with van der Waals surface area (Å²) in [5.74, 6) is 1.87. The second-order valence-corrected chi connectivity index (χ2v) is 6.55. The molecule has 7 nitrogen and oxygen atoms in total. The van der Waals surface area contributed by atoms with Gasteiger partial charge < -0.3 is 20.4 Å². The molecule has 3 N–H and O–H groups in total. The largest absolute Gasteiger partial charge is 0.468 e. The van der Waals surface area contributed by atoms with E-state index in [0.29, 0.717) is 18.9 Å². The third-order valence-corrected chi connectivity index (χ3v) is 4.47. The minimum Gasteiger partial charge on any atom is -0.468 e. The molecule has 1 amide bonds. The van der Waals surface area contributed by atoms with Crippen LogP contribution in [-0.4, -0.2) is 62.4 Å². The average molecular weight is 335 g/mol. The first-order chi connectivity index (χ1) is 11.5. The summed E-state index contributed by atoms with van der Waals surface area (Å²) in [5.41, 5.74) is 5.34. The molecule has 0 spiro atoms. The number of hydrogen-bond donors (Lipinski definition) is 2. The van der Waals surface area contributed by atoms with E-state index in [4.69, 9.17) is 10.2 Å². The van der Waals surface area contributed by atoms with Crippen molar-refractivity contribution in [2.24, 2.45) is 16.6 Å². The first kappa shape index (κ1) is 18.3. The van der Waals surface area contributed by atoms with E-state index < -0.39 is 0 Å². The average Bonchev–Trinajstić information content (AvgIpc) is 3.05. The Morgan fingerprint density at radius 2 is 2.38 bits per heavy atom. The molecule has 2 unspecified atom stereocenters. The summed E-state index contributed by atoms with van der Waals surface area (Å²) in [6, 6.07) is 4.02. The number of rotatable bonds is 6. The van der Waals surface area contributed by atoms with Crippen LogP contribution < -0.4 is 11.1 Å². The Morgan fingerprint density at radius 3 is 2.96 bits per heavy atom. The Kier molecular flexibility index (Phi) is 6.66. The van der Waals surface area contributed by atoms with Crippen LogP contribution >= 0.6 is 0 Å². The maximum absolute atomic E-state index is 11.2.